The summed E-state index contributed by atoms with van der Waals surface area (Å²) < 4.78 is 0. The lowest BCUT2D eigenvalue weighted by Crippen LogP contribution is -2.28. The van der Waals surface area contributed by atoms with E-state index < -0.39 is 0 Å². The Labute approximate surface area is 71.5 Å². The van der Waals surface area contributed by atoms with Crippen LogP contribution in [0.25, 0.3) is 0 Å². The van der Waals surface area contributed by atoms with E-state index in [1.807, 2.05) is 0 Å². The normalized spacial score (nSPS) is 16.0. The molecule has 0 spiro atoms. The average molecular weight is 172 g/mol. The summed E-state index contributed by atoms with van der Waals surface area (Å²) in [6.07, 6.45) is 3.80. The SMILES string of the molecule is NC(=S)CCN(C=O)C1CC1. The van der Waals surface area contributed by atoms with Crippen LogP contribution in [-0.4, -0.2) is 28.9 Å². The Morgan fingerprint density at radius 3 is 2.73 bits per heavy atom. The van der Waals surface area contributed by atoms with Gasteiger partial charge < -0.3 is 10.6 Å². The van der Waals surface area contributed by atoms with Gasteiger partial charge in [-0.1, -0.05) is 12.2 Å². The summed E-state index contributed by atoms with van der Waals surface area (Å²) in [6, 6.07) is 0.474. The number of carbonyl (C=O) groups excluding carboxylic acids is 1. The van der Waals surface area contributed by atoms with Gasteiger partial charge in [0.2, 0.25) is 6.41 Å². The number of nitrogens with zero attached hydrogens (tertiary/aromatic N) is 1. The van der Waals surface area contributed by atoms with Gasteiger partial charge in [-0.15, -0.1) is 0 Å². The zero-order valence-electron chi connectivity index (χ0n) is 6.32. The molecule has 0 aliphatic heterocycles. The van der Waals surface area contributed by atoms with Crippen LogP contribution in [0.5, 0.6) is 0 Å². The Hall–Kier alpha value is -0.640. The lowest BCUT2D eigenvalue weighted by Gasteiger charge is -2.14. The van der Waals surface area contributed by atoms with E-state index >= 15 is 0 Å². The Morgan fingerprint density at radius 1 is 1.73 bits per heavy atom. The van der Waals surface area contributed by atoms with Crippen molar-refractivity contribution in [1.29, 1.82) is 0 Å². The van der Waals surface area contributed by atoms with Gasteiger partial charge >= 0.3 is 0 Å². The van der Waals surface area contributed by atoms with Crippen LogP contribution in [0.15, 0.2) is 0 Å². The van der Waals surface area contributed by atoms with Crippen molar-refractivity contribution in [2.75, 3.05) is 6.54 Å². The molecule has 1 rings (SSSR count). The van der Waals surface area contributed by atoms with Gasteiger partial charge in [0.15, 0.2) is 0 Å². The molecule has 0 heterocycles. The van der Waals surface area contributed by atoms with Crippen molar-refractivity contribution in [2.24, 2.45) is 5.73 Å². The second-order valence-corrected chi connectivity index (χ2v) is 3.32. The molecule has 1 fully saturated rings. The molecule has 62 valence electrons. The van der Waals surface area contributed by atoms with Gasteiger partial charge in [-0.05, 0) is 12.8 Å². The van der Waals surface area contributed by atoms with Crippen LogP contribution >= 0.6 is 12.2 Å². The first-order chi connectivity index (χ1) is 5.24. The zero-order valence-corrected chi connectivity index (χ0v) is 7.14. The molecule has 3 nitrogen and oxygen atoms in total. The highest BCUT2D eigenvalue weighted by atomic mass is 32.1. The molecule has 0 bridgehead atoms. The van der Waals surface area contributed by atoms with E-state index in [-0.39, 0.29) is 0 Å². The maximum Gasteiger partial charge on any atom is 0.209 e. The number of hydrogen-bond acceptors (Lipinski definition) is 2. The number of amides is 1. The molecule has 0 aromatic heterocycles. The largest absolute Gasteiger partial charge is 0.393 e. The fourth-order valence-electron chi connectivity index (χ4n) is 0.967. The van der Waals surface area contributed by atoms with E-state index in [1.54, 1.807) is 4.90 Å². The van der Waals surface area contributed by atoms with Gasteiger partial charge in [0.25, 0.3) is 0 Å². The van der Waals surface area contributed by atoms with E-state index in [1.165, 1.54) is 0 Å². The first-order valence-electron chi connectivity index (χ1n) is 3.73. The number of hydrogen-bond donors (Lipinski definition) is 1. The van der Waals surface area contributed by atoms with E-state index in [2.05, 4.69) is 0 Å². The molecule has 4 heteroatoms. The van der Waals surface area contributed by atoms with Crippen LogP contribution in [0.4, 0.5) is 0 Å². The van der Waals surface area contributed by atoms with E-state index in [0.717, 1.165) is 19.3 Å². The number of thiocarbonyl (C=S) groups is 1. The number of nitrogens with two attached hydrogens (primary N) is 1. The van der Waals surface area contributed by atoms with E-state index in [4.69, 9.17) is 18.0 Å². The van der Waals surface area contributed by atoms with Crippen molar-refractivity contribution in [3.63, 3.8) is 0 Å². The number of rotatable bonds is 5. The summed E-state index contributed by atoms with van der Waals surface area (Å²) in [7, 11) is 0. The summed E-state index contributed by atoms with van der Waals surface area (Å²) in [6.45, 7) is 0.684. The van der Waals surface area contributed by atoms with Gasteiger partial charge in [-0.25, -0.2) is 0 Å². The van der Waals surface area contributed by atoms with E-state index in [9.17, 15) is 4.79 Å². The van der Waals surface area contributed by atoms with E-state index in [0.29, 0.717) is 24.0 Å². The molecule has 0 atom stereocenters. The maximum absolute atomic E-state index is 10.4. The maximum atomic E-state index is 10.4. The molecule has 2 N–H and O–H groups in total. The lowest BCUT2D eigenvalue weighted by atomic mass is 10.4. The smallest absolute Gasteiger partial charge is 0.209 e. The summed E-state index contributed by atoms with van der Waals surface area (Å²) in [5.41, 5.74) is 5.30. The van der Waals surface area contributed by atoms with Crippen molar-refractivity contribution < 1.29 is 4.79 Å². The summed E-state index contributed by atoms with van der Waals surface area (Å²) >= 11 is 4.70. The highest BCUT2D eigenvalue weighted by Gasteiger charge is 2.27. The predicted molar refractivity (Wildman–Crippen MR) is 47.2 cm³/mol. The van der Waals surface area contributed by atoms with Gasteiger partial charge in [-0.2, -0.15) is 0 Å². The third-order valence-electron chi connectivity index (χ3n) is 1.77. The summed E-state index contributed by atoms with van der Waals surface area (Å²) in [4.78, 5) is 12.7. The van der Waals surface area contributed by atoms with Crippen molar-refractivity contribution >= 4 is 23.6 Å². The standard InChI is InChI=1S/C7H12N2OS/c8-7(11)3-4-9(5-10)6-1-2-6/h5-6H,1-4H2,(H2,8,11). The Balaban J connectivity index is 2.20. The quantitative estimate of drug-likeness (QED) is 0.479. The van der Waals surface area contributed by atoms with Crippen LogP contribution in [0, 0.1) is 0 Å². The van der Waals surface area contributed by atoms with Crippen LogP contribution < -0.4 is 5.73 Å². The molecule has 0 radical (unpaired) electrons. The Kier molecular flexibility index (Phi) is 2.82. The first-order valence-corrected chi connectivity index (χ1v) is 4.14. The second kappa shape index (κ2) is 3.67. The topological polar surface area (TPSA) is 46.3 Å². The molecular formula is C7H12N2OS. The third kappa shape index (κ3) is 2.84. The zero-order chi connectivity index (χ0) is 8.27. The lowest BCUT2D eigenvalue weighted by molar-refractivity contribution is -0.118. The Morgan fingerprint density at radius 2 is 2.36 bits per heavy atom. The third-order valence-corrected chi connectivity index (χ3v) is 1.97. The molecule has 1 amide bonds. The van der Waals surface area contributed by atoms with Crippen molar-refractivity contribution in [2.45, 2.75) is 25.3 Å². The predicted octanol–water partition coefficient (Wildman–Crippen LogP) is 0.283. The molecule has 11 heavy (non-hydrogen) atoms. The van der Waals surface area contributed by atoms with Gasteiger partial charge in [0, 0.05) is 19.0 Å². The minimum absolute atomic E-state index is 0.474. The van der Waals surface area contributed by atoms with Gasteiger partial charge in [0.05, 0.1) is 4.99 Å². The fourth-order valence-corrected chi connectivity index (χ4v) is 1.06. The van der Waals surface area contributed by atoms with Crippen LogP contribution in [0.3, 0.4) is 0 Å². The fraction of sp³-hybridized carbons (Fsp3) is 0.714. The van der Waals surface area contributed by atoms with Crippen LogP contribution in [-0.2, 0) is 4.79 Å². The minimum atomic E-state index is 0.474. The number of carbonyl (C=O) groups is 1. The van der Waals surface area contributed by atoms with Gasteiger partial charge in [-0.3, -0.25) is 4.79 Å². The van der Waals surface area contributed by atoms with Crippen molar-refractivity contribution in [1.82, 2.24) is 4.90 Å². The highest BCUT2D eigenvalue weighted by molar-refractivity contribution is 7.80. The minimum Gasteiger partial charge on any atom is -0.393 e. The first kappa shape index (κ1) is 8.46. The molecular weight excluding hydrogens is 160 g/mol. The molecule has 0 aromatic carbocycles. The monoisotopic (exact) mass is 172 g/mol. The highest BCUT2D eigenvalue weighted by Crippen LogP contribution is 2.25. The molecule has 1 aliphatic rings. The molecule has 0 unspecified atom stereocenters. The molecule has 1 saturated carbocycles. The van der Waals surface area contributed by atoms with Gasteiger partial charge in [0.1, 0.15) is 0 Å². The second-order valence-electron chi connectivity index (χ2n) is 2.79. The van der Waals surface area contributed by atoms with Crippen LogP contribution in [0.2, 0.25) is 0 Å². The molecule has 1 aliphatic carbocycles. The summed E-state index contributed by atoms with van der Waals surface area (Å²) in [5.74, 6) is 0. The molecule has 0 aromatic rings. The van der Waals surface area contributed by atoms with Crippen molar-refractivity contribution in [3.05, 3.63) is 0 Å². The Bertz CT molecular complexity index is 168. The van der Waals surface area contributed by atoms with Crippen LogP contribution in [0.1, 0.15) is 19.3 Å². The molecule has 0 saturated heterocycles. The summed E-state index contributed by atoms with van der Waals surface area (Å²) in [5, 5.41) is 0. The average Bonchev–Trinajstić information content (AvgIpc) is 2.72. The van der Waals surface area contributed by atoms with Crippen molar-refractivity contribution in [3.8, 4) is 0 Å².